The van der Waals surface area contributed by atoms with Crippen LogP contribution >= 0.6 is 0 Å². The van der Waals surface area contributed by atoms with Crippen molar-refractivity contribution in [2.75, 3.05) is 0 Å². The molecule has 0 N–H and O–H groups in total. The fraction of sp³-hybridized carbons (Fsp3) is 0.519. The number of esters is 1. The van der Waals surface area contributed by atoms with Crippen molar-refractivity contribution >= 4 is 5.97 Å². The number of hydrogen-bond acceptors (Lipinski definition) is 5. The van der Waals surface area contributed by atoms with Crippen molar-refractivity contribution in [3.63, 3.8) is 0 Å². The van der Waals surface area contributed by atoms with E-state index in [9.17, 15) is 31.1 Å². The van der Waals surface area contributed by atoms with Gasteiger partial charge in [-0.15, -0.1) is 0 Å². The van der Waals surface area contributed by atoms with Crippen LogP contribution in [0.3, 0.4) is 0 Å². The SMILES string of the molecule is O=C(OC1CCC(/C=C/C2CCC(C(F)(F)Oc3ccc(C(F)(F)F)c(F)c3)CC2)CC1)c1ncccn1. The van der Waals surface area contributed by atoms with E-state index in [1.807, 2.05) is 0 Å². The molecule has 2 saturated carbocycles. The fourth-order valence-electron chi connectivity index (χ4n) is 5.00. The Bertz CT molecular complexity index is 1110. The van der Waals surface area contributed by atoms with E-state index in [-0.39, 0.29) is 30.7 Å². The summed E-state index contributed by atoms with van der Waals surface area (Å²) in [4.78, 5) is 19.9. The molecule has 0 bridgehead atoms. The van der Waals surface area contributed by atoms with Crippen LogP contribution in [0.25, 0.3) is 0 Å². The Morgan fingerprint density at radius 2 is 1.45 bits per heavy atom. The summed E-state index contributed by atoms with van der Waals surface area (Å²) in [6.45, 7) is 0. The minimum atomic E-state index is -4.92. The molecule has 0 amide bonds. The summed E-state index contributed by atoms with van der Waals surface area (Å²) in [7, 11) is 0. The van der Waals surface area contributed by atoms with Crippen molar-refractivity contribution < 1.29 is 40.6 Å². The van der Waals surface area contributed by atoms with Gasteiger partial charge >= 0.3 is 18.3 Å². The first kappa shape index (κ1) is 27.9. The minimum absolute atomic E-state index is 0.0348. The van der Waals surface area contributed by atoms with Gasteiger partial charge in [0.1, 0.15) is 17.7 Å². The van der Waals surface area contributed by atoms with E-state index in [0.717, 1.165) is 12.8 Å². The number of hydrogen-bond donors (Lipinski definition) is 0. The Labute approximate surface area is 216 Å². The number of alkyl halides is 5. The molecule has 2 aromatic rings. The van der Waals surface area contributed by atoms with E-state index in [0.29, 0.717) is 49.8 Å². The topological polar surface area (TPSA) is 61.3 Å². The summed E-state index contributed by atoms with van der Waals surface area (Å²) in [6, 6.07) is 3.07. The van der Waals surface area contributed by atoms with Gasteiger partial charge in [0.15, 0.2) is 0 Å². The molecular formula is C27H28F6N2O3. The second-order valence-electron chi connectivity index (χ2n) is 9.81. The molecule has 5 nitrogen and oxygen atoms in total. The normalized spacial score (nSPS) is 24.8. The number of benzene rings is 1. The molecule has 2 aliphatic rings. The van der Waals surface area contributed by atoms with Crippen molar-refractivity contribution in [1.82, 2.24) is 9.97 Å². The van der Waals surface area contributed by atoms with E-state index in [1.165, 1.54) is 12.4 Å². The molecule has 0 unspecified atom stereocenters. The zero-order valence-corrected chi connectivity index (χ0v) is 20.5. The minimum Gasteiger partial charge on any atom is -0.456 e. The smallest absolute Gasteiger partial charge is 0.419 e. The van der Waals surface area contributed by atoms with Gasteiger partial charge in [0.25, 0.3) is 0 Å². The van der Waals surface area contributed by atoms with E-state index >= 15 is 0 Å². The number of nitrogens with zero attached hydrogens (tertiary/aromatic N) is 2. The highest BCUT2D eigenvalue weighted by Gasteiger charge is 2.44. The lowest BCUT2D eigenvalue weighted by Gasteiger charge is -2.32. The summed E-state index contributed by atoms with van der Waals surface area (Å²) in [5.41, 5.74) is -1.53. The predicted octanol–water partition coefficient (Wildman–Crippen LogP) is 7.38. The maximum Gasteiger partial charge on any atom is 0.419 e. The second-order valence-corrected chi connectivity index (χ2v) is 9.81. The quantitative estimate of drug-likeness (QED) is 0.208. The van der Waals surface area contributed by atoms with Crippen LogP contribution in [-0.4, -0.2) is 28.1 Å². The van der Waals surface area contributed by atoms with Crippen LogP contribution in [0.2, 0.25) is 0 Å². The third kappa shape index (κ3) is 7.26. The first-order valence-electron chi connectivity index (χ1n) is 12.6. The monoisotopic (exact) mass is 542 g/mol. The molecule has 206 valence electrons. The molecule has 1 aromatic heterocycles. The third-order valence-corrected chi connectivity index (χ3v) is 7.14. The zero-order chi connectivity index (χ0) is 27.3. The van der Waals surface area contributed by atoms with Crippen LogP contribution in [0.4, 0.5) is 26.3 Å². The first-order valence-corrected chi connectivity index (χ1v) is 12.6. The van der Waals surface area contributed by atoms with Crippen molar-refractivity contribution in [2.45, 2.75) is 69.8 Å². The average molecular weight is 543 g/mol. The average Bonchev–Trinajstić information content (AvgIpc) is 2.88. The van der Waals surface area contributed by atoms with Crippen molar-refractivity contribution in [3.05, 3.63) is 66.0 Å². The van der Waals surface area contributed by atoms with Gasteiger partial charge in [-0.05, 0) is 81.4 Å². The van der Waals surface area contributed by atoms with Gasteiger partial charge in [-0.1, -0.05) is 12.2 Å². The highest BCUT2D eigenvalue weighted by Crippen LogP contribution is 2.41. The van der Waals surface area contributed by atoms with Crippen LogP contribution < -0.4 is 4.74 Å². The van der Waals surface area contributed by atoms with E-state index < -0.39 is 41.3 Å². The summed E-state index contributed by atoms with van der Waals surface area (Å²) in [6.07, 6.45) is 2.92. The molecule has 0 radical (unpaired) electrons. The van der Waals surface area contributed by atoms with Gasteiger partial charge < -0.3 is 9.47 Å². The number of allylic oxidation sites excluding steroid dienone is 2. The summed E-state index contributed by atoms with van der Waals surface area (Å²) in [5, 5.41) is 0. The van der Waals surface area contributed by atoms with Gasteiger partial charge in [-0.25, -0.2) is 19.2 Å². The molecule has 1 aromatic carbocycles. The van der Waals surface area contributed by atoms with Crippen LogP contribution in [0, 0.1) is 23.6 Å². The number of aromatic nitrogens is 2. The largest absolute Gasteiger partial charge is 0.456 e. The molecule has 0 atom stereocenters. The molecule has 4 rings (SSSR count). The Morgan fingerprint density at radius 3 is 2.00 bits per heavy atom. The van der Waals surface area contributed by atoms with Crippen LogP contribution in [-0.2, 0) is 10.9 Å². The predicted molar refractivity (Wildman–Crippen MR) is 125 cm³/mol. The van der Waals surface area contributed by atoms with E-state index in [2.05, 4.69) is 26.9 Å². The highest BCUT2D eigenvalue weighted by molar-refractivity contribution is 5.85. The number of carbonyl (C=O) groups is 1. The Morgan fingerprint density at radius 1 is 0.868 bits per heavy atom. The van der Waals surface area contributed by atoms with Crippen LogP contribution in [0.5, 0.6) is 5.75 Å². The summed E-state index contributed by atoms with van der Waals surface area (Å²) in [5.74, 6) is -3.46. The first-order chi connectivity index (χ1) is 18.0. The molecular weight excluding hydrogens is 514 g/mol. The summed E-state index contributed by atoms with van der Waals surface area (Å²) >= 11 is 0. The molecule has 0 aliphatic heterocycles. The van der Waals surface area contributed by atoms with Gasteiger partial charge in [0, 0.05) is 18.5 Å². The van der Waals surface area contributed by atoms with Gasteiger partial charge in [-0.2, -0.15) is 22.0 Å². The number of rotatable bonds is 7. The molecule has 0 spiro atoms. The van der Waals surface area contributed by atoms with Crippen molar-refractivity contribution in [3.8, 4) is 5.75 Å². The Hall–Kier alpha value is -3.11. The van der Waals surface area contributed by atoms with Crippen LogP contribution in [0.15, 0.2) is 48.8 Å². The molecule has 0 saturated heterocycles. The van der Waals surface area contributed by atoms with Crippen molar-refractivity contribution in [1.29, 1.82) is 0 Å². The fourth-order valence-corrected chi connectivity index (χ4v) is 5.00. The zero-order valence-electron chi connectivity index (χ0n) is 20.5. The lowest BCUT2D eigenvalue weighted by Crippen LogP contribution is -2.37. The summed E-state index contributed by atoms with van der Waals surface area (Å²) < 4.78 is 91.3. The van der Waals surface area contributed by atoms with Gasteiger partial charge in [-0.3, -0.25) is 0 Å². The van der Waals surface area contributed by atoms with E-state index in [4.69, 9.17) is 4.74 Å². The maximum absolute atomic E-state index is 14.7. The van der Waals surface area contributed by atoms with Crippen molar-refractivity contribution in [2.24, 2.45) is 17.8 Å². The molecule has 1 heterocycles. The number of ether oxygens (including phenoxy) is 2. The lowest BCUT2D eigenvalue weighted by molar-refractivity contribution is -0.223. The number of carbonyl (C=O) groups excluding carboxylic acids is 1. The molecule has 2 fully saturated rings. The molecule has 38 heavy (non-hydrogen) atoms. The molecule has 2 aliphatic carbocycles. The Balaban J connectivity index is 1.20. The van der Waals surface area contributed by atoms with Gasteiger partial charge in [0.05, 0.1) is 11.5 Å². The Kier molecular flexibility index (Phi) is 8.62. The number of halogens is 6. The second kappa shape index (κ2) is 11.7. The van der Waals surface area contributed by atoms with Crippen LogP contribution in [0.1, 0.15) is 67.5 Å². The van der Waals surface area contributed by atoms with Gasteiger partial charge in [0.2, 0.25) is 5.82 Å². The third-order valence-electron chi connectivity index (χ3n) is 7.14. The standard InChI is InChI=1S/C27H28F6N2O3/c28-23-16-21(12-13-22(23)26(29,30)31)38-27(32,33)19-8-4-17(5-9-19)2-3-18-6-10-20(11-7-18)37-25(36)24-34-14-1-15-35-24/h1-3,12-20H,4-11H2/b3-2+. The maximum atomic E-state index is 14.7. The molecule has 11 heteroatoms. The lowest BCUT2D eigenvalue weighted by atomic mass is 9.80. The highest BCUT2D eigenvalue weighted by atomic mass is 19.4. The van der Waals surface area contributed by atoms with E-state index in [1.54, 1.807) is 6.07 Å².